The minimum absolute atomic E-state index is 0.0923. The molecule has 0 bridgehead atoms. The van der Waals surface area contributed by atoms with Crippen molar-refractivity contribution in [3.8, 4) is 0 Å². The van der Waals surface area contributed by atoms with E-state index in [9.17, 15) is 9.59 Å². The van der Waals surface area contributed by atoms with E-state index in [0.29, 0.717) is 5.56 Å². The van der Waals surface area contributed by atoms with E-state index < -0.39 is 0 Å². The number of nitrogens with one attached hydrogen (secondary N) is 2. The SMILES string of the molecule is CSc1ccc([C@H](C)NC(=O)c2ccc(=O)[nH]c2)cc1. The second kappa shape index (κ2) is 6.43. The first kappa shape index (κ1) is 14.4. The molecule has 0 radical (unpaired) electrons. The molecule has 2 aromatic rings. The van der Waals surface area contributed by atoms with Crippen LogP contribution in [0.15, 0.2) is 52.3 Å². The lowest BCUT2D eigenvalue weighted by Crippen LogP contribution is -2.27. The second-order valence-corrected chi connectivity index (χ2v) is 5.29. The Labute approximate surface area is 121 Å². The molecule has 4 nitrogen and oxygen atoms in total. The van der Waals surface area contributed by atoms with Gasteiger partial charge in [0.2, 0.25) is 5.56 Å². The van der Waals surface area contributed by atoms with Gasteiger partial charge in [-0.2, -0.15) is 0 Å². The van der Waals surface area contributed by atoms with Gasteiger partial charge in [0.1, 0.15) is 0 Å². The van der Waals surface area contributed by atoms with Crippen molar-refractivity contribution in [2.75, 3.05) is 6.26 Å². The molecule has 0 unspecified atom stereocenters. The van der Waals surface area contributed by atoms with E-state index in [4.69, 9.17) is 0 Å². The van der Waals surface area contributed by atoms with Crippen LogP contribution < -0.4 is 10.9 Å². The van der Waals surface area contributed by atoms with Gasteiger partial charge in [-0.1, -0.05) is 12.1 Å². The zero-order chi connectivity index (χ0) is 14.5. The van der Waals surface area contributed by atoms with Gasteiger partial charge >= 0.3 is 0 Å². The topological polar surface area (TPSA) is 62.0 Å². The fourth-order valence-electron chi connectivity index (χ4n) is 1.81. The highest BCUT2D eigenvalue weighted by Crippen LogP contribution is 2.19. The third kappa shape index (κ3) is 3.51. The standard InChI is InChI=1S/C15H16N2O2S/c1-10(11-3-6-13(20-2)7-4-11)17-15(19)12-5-8-14(18)16-9-12/h3-10H,1-2H3,(H,16,18)(H,17,19)/t10-/m0/s1. The highest BCUT2D eigenvalue weighted by molar-refractivity contribution is 7.98. The smallest absolute Gasteiger partial charge is 0.253 e. The molecule has 104 valence electrons. The molecule has 1 aromatic carbocycles. The predicted molar refractivity (Wildman–Crippen MR) is 81.2 cm³/mol. The normalized spacial score (nSPS) is 11.9. The largest absolute Gasteiger partial charge is 0.345 e. The Balaban J connectivity index is 2.06. The van der Waals surface area contributed by atoms with Gasteiger partial charge in [-0.3, -0.25) is 9.59 Å². The van der Waals surface area contributed by atoms with Crippen LogP contribution in [0, 0.1) is 0 Å². The van der Waals surface area contributed by atoms with E-state index in [1.807, 2.05) is 37.4 Å². The van der Waals surface area contributed by atoms with Gasteiger partial charge in [0.05, 0.1) is 11.6 Å². The third-order valence-electron chi connectivity index (χ3n) is 3.01. The van der Waals surface area contributed by atoms with Crippen LogP contribution >= 0.6 is 11.8 Å². The second-order valence-electron chi connectivity index (χ2n) is 4.41. The summed E-state index contributed by atoms with van der Waals surface area (Å²) in [5.41, 5.74) is 1.26. The van der Waals surface area contributed by atoms with Crippen LogP contribution in [0.2, 0.25) is 0 Å². The molecule has 0 aliphatic heterocycles. The number of amides is 1. The Morgan fingerprint density at radius 2 is 1.90 bits per heavy atom. The average Bonchev–Trinajstić information content (AvgIpc) is 2.48. The van der Waals surface area contributed by atoms with Crippen LogP contribution in [0.1, 0.15) is 28.9 Å². The van der Waals surface area contributed by atoms with Crippen molar-refractivity contribution in [2.24, 2.45) is 0 Å². The molecule has 0 fully saturated rings. The van der Waals surface area contributed by atoms with Crippen LogP contribution in [0.25, 0.3) is 0 Å². The average molecular weight is 288 g/mol. The van der Waals surface area contributed by atoms with Gasteiger partial charge in [0, 0.05) is 17.2 Å². The van der Waals surface area contributed by atoms with Crippen molar-refractivity contribution in [1.29, 1.82) is 0 Å². The molecule has 20 heavy (non-hydrogen) atoms. The van der Waals surface area contributed by atoms with E-state index in [1.54, 1.807) is 11.8 Å². The molecule has 2 rings (SSSR count). The third-order valence-corrected chi connectivity index (χ3v) is 3.75. The Morgan fingerprint density at radius 1 is 1.20 bits per heavy atom. The summed E-state index contributed by atoms with van der Waals surface area (Å²) < 4.78 is 0. The summed E-state index contributed by atoms with van der Waals surface area (Å²) in [5.74, 6) is -0.206. The quantitative estimate of drug-likeness (QED) is 0.850. The van der Waals surface area contributed by atoms with E-state index in [1.165, 1.54) is 23.2 Å². The molecule has 1 heterocycles. The molecule has 0 spiro atoms. The molecule has 0 saturated heterocycles. The number of pyridine rings is 1. The zero-order valence-corrected chi connectivity index (χ0v) is 12.2. The number of hydrogen-bond donors (Lipinski definition) is 2. The zero-order valence-electron chi connectivity index (χ0n) is 11.3. The number of carbonyl (C=O) groups excluding carboxylic acids is 1. The lowest BCUT2D eigenvalue weighted by Gasteiger charge is -2.14. The summed E-state index contributed by atoms with van der Waals surface area (Å²) in [7, 11) is 0. The number of thioether (sulfide) groups is 1. The van der Waals surface area contributed by atoms with E-state index in [0.717, 1.165) is 5.56 Å². The van der Waals surface area contributed by atoms with E-state index in [2.05, 4.69) is 10.3 Å². The van der Waals surface area contributed by atoms with Gasteiger partial charge < -0.3 is 10.3 Å². The Bertz CT molecular complexity index is 629. The van der Waals surface area contributed by atoms with Gasteiger partial charge in [-0.15, -0.1) is 11.8 Å². The first-order chi connectivity index (χ1) is 9.60. The number of benzene rings is 1. The minimum Gasteiger partial charge on any atom is -0.345 e. The monoisotopic (exact) mass is 288 g/mol. The van der Waals surface area contributed by atoms with Crippen molar-refractivity contribution in [3.63, 3.8) is 0 Å². The van der Waals surface area contributed by atoms with Crippen molar-refractivity contribution in [3.05, 3.63) is 64.1 Å². The number of H-pyrrole nitrogens is 1. The van der Waals surface area contributed by atoms with Gasteiger partial charge in [0.25, 0.3) is 5.91 Å². The Kier molecular flexibility index (Phi) is 4.63. The first-order valence-electron chi connectivity index (χ1n) is 6.23. The molecule has 5 heteroatoms. The summed E-state index contributed by atoms with van der Waals surface area (Å²) in [6.45, 7) is 1.93. The maximum atomic E-state index is 12.0. The van der Waals surface area contributed by atoms with Gasteiger partial charge in [-0.05, 0) is 36.9 Å². The van der Waals surface area contributed by atoms with E-state index >= 15 is 0 Å². The molecule has 2 N–H and O–H groups in total. The molecule has 1 aromatic heterocycles. The van der Waals surface area contributed by atoms with Crippen LogP contribution in [0.5, 0.6) is 0 Å². The fourth-order valence-corrected chi connectivity index (χ4v) is 2.22. The van der Waals surface area contributed by atoms with Crippen molar-refractivity contribution < 1.29 is 4.79 Å². The van der Waals surface area contributed by atoms with Crippen molar-refractivity contribution >= 4 is 17.7 Å². The molecular weight excluding hydrogens is 272 g/mol. The highest BCUT2D eigenvalue weighted by atomic mass is 32.2. The number of hydrogen-bond acceptors (Lipinski definition) is 3. The molecule has 0 aliphatic rings. The van der Waals surface area contributed by atoms with E-state index in [-0.39, 0.29) is 17.5 Å². The van der Waals surface area contributed by atoms with Crippen LogP contribution in [-0.4, -0.2) is 17.1 Å². The molecule has 1 atom stereocenters. The summed E-state index contributed by atoms with van der Waals surface area (Å²) in [5, 5.41) is 2.90. The Hall–Kier alpha value is -2.01. The molecule has 1 amide bonds. The first-order valence-corrected chi connectivity index (χ1v) is 7.46. The number of aromatic amines is 1. The maximum absolute atomic E-state index is 12.0. The maximum Gasteiger partial charge on any atom is 0.253 e. The van der Waals surface area contributed by atoms with Crippen LogP contribution in [0.3, 0.4) is 0 Å². The summed E-state index contributed by atoms with van der Waals surface area (Å²) >= 11 is 1.68. The lowest BCUT2D eigenvalue weighted by atomic mass is 10.1. The number of rotatable bonds is 4. The number of carbonyl (C=O) groups is 1. The fraction of sp³-hybridized carbons (Fsp3) is 0.200. The van der Waals surface area contributed by atoms with Gasteiger partial charge in [-0.25, -0.2) is 0 Å². The molecule has 0 saturated carbocycles. The summed E-state index contributed by atoms with van der Waals surface area (Å²) in [6.07, 6.45) is 3.44. The van der Waals surface area contributed by atoms with Crippen LogP contribution in [-0.2, 0) is 0 Å². The lowest BCUT2D eigenvalue weighted by molar-refractivity contribution is 0.0939. The van der Waals surface area contributed by atoms with Gasteiger partial charge in [0.15, 0.2) is 0 Å². The van der Waals surface area contributed by atoms with Crippen molar-refractivity contribution in [1.82, 2.24) is 10.3 Å². The molecular formula is C15H16N2O2S. The highest BCUT2D eigenvalue weighted by Gasteiger charge is 2.11. The summed E-state index contributed by atoms with van der Waals surface area (Å²) in [6, 6.07) is 10.8. The summed E-state index contributed by atoms with van der Waals surface area (Å²) in [4.78, 5) is 26.7. The minimum atomic E-state index is -0.220. The number of aromatic nitrogens is 1. The molecule has 0 aliphatic carbocycles. The van der Waals surface area contributed by atoms with Crippen molar-refractivity contribution in [2.45, 2.75) is 17.9 Å². The Morgan fingerprint density at radius 3 is 2.45 bits per heavy atom. The predicted octanol–water partition coefficient (Wildman–Crippen LogP) is 2.59. The van der Waals surface area contributed by atoms with Crippen LogP contribution in [0.4, 0.5) is 0 Å².